The number of rotatable bonds is 2. The van der Waals surface area contributed by atoms with Gasteiger partial charge in [0.15, 0.2) is 4.77 Å². The molecule has 0 aliphatic rings. The molecule has 0 unspecified atom stereocenters. The fourth-order valence-corrected chi connectivity index (χ4v) is 2.14. The van der Waals surface area contributed by atoms with E-state index in [1.807, 2.05) is 26.0 Å². The molecule has 0 spiro atoms. The number of nitrogens with zero attached hydrogens (tertiary/aromatic N) is 1. The lowest BCUT2D eigenvalue weighted by Crippen LogP contribution is -1.97. The van der Waals surface area contributed by atoms with Crippen LogP contribution in [0.4, 0.5) is 5.82 Å². The lowest BCUT2D eigenvalue weighted by atomic mass is 10.0. The number of aryl methyl sites for hydroxylation is 2. The molecule has 0 aliphatic carbocycles. The molecule has 1 aromatic heterocycles. The van der Waals surface area contributed by atoms with Crippen molar-refractivity contribution in [1.29, 1.82) is 0 Å². The predicted molar refractivity (Wildman–Crippen MR) is 75.3 cm³/mol. The van der Waals surface area contributed by atoms with Crippen LogP contribution in [0.5, 0.6) is 5.75 Å². The number of aromatic amines is 1. The summed E-state index contributed by atoms with van der Waals surface area (Å²) in [6, 6.07) is 5.83. The molecule has 2 aromatic rings. The van der Waals surface area contributed by atoms with Crippen LogP contribution in [0, 0.1) is 18.6 Å². The highest BCUT2D eigenvalue weighted by Gasteiger charge is 2.08. The van der Waals surface area contributed by atoms with E-state index < -0.39 is 0 Å². The standard InChI is InChI=1S/C13H15N3OS/c1-7-5-11(17-3)8(2)4-9(7)10-6-12(14)16-13(18)15-10/h4-6H,1-3H3,(H3,14,15,16,18). The van der Waals surface area contributed by atoms with E-state index in [1.165, 1.54) is 0 Å². The lowest BCUT2D eigenvalue weighted by molar-refractivity contribution is 0.411. The minimum atomic E-state index is 0.387. The van der Waals surface area contributed by atoms with Crippen molar-refractivity contribution in [2.24, 2.45) is 0 Å². The Hall–Kier alpha value is -1.88. The van der Waals surface area contributed by atoms with Gasteiger partial charge in [-0.15, -0.1) is 0 Å². The summed E-state index contributed by atoms with van der Waals surface area (Å²) in [5.74, 6) is 1.29. The summed E-state index contributed by atoms with van der Waals surface area (Å²) in [5.41, 5.74) is 9.79. The molecule has 2 rings (SSSR count). The molecule has 0 amide bonds. The van der Waals surface area contributed by atoms with E-state index in [4.69, 9.17) is 22.7 Å². The lowest BCUT2D eigenvalue weighted by Gasteiger charge is -2.11. The number of nitrogen functional groups attached to an aromatic ring is 1. The van der Waals surface area contributed by atoms with E-state index in [1.54, 1.807) is 13.2 Å². The molecule has 0 aliphatic heterocycles. The second-order valence-corrected chi connectivity index (χ2v) is 4.55. The molecular weight excluding hydrogens is 246 g/mol. The summed E-state index contributed by atoms with van der Waals surface area (Å²) < 4.78 is 5.68. The van der Waals surface area contributed by atoms with Gasteiger partial charge in [-0.25, -0.2) is 4.98 Å². The highest BCUT2D eigenvalue weighted by molar-refractivity contribution is 7.71. The Bertz CT molecular complexity index is 649. The van der Waals surface area contributed by atoms with Gasteiger partial charge in [0.05, 0.1) is 12.8 Å². The SMILES string of the molecule is COc1cc(C)c(-c2cc(N)nc(=S)[nH]2)cc1C. The predicted octanol–water partition coefficient (Wildman–Crippen LogP) is 3.01. The molecule has 1 aromatic carbocycles. The topological polar surface area (TPSA) is 63.9 Å². The first-order valence-corrected chi connectivity index (χ1v) is 5.94. The number of ether oxygens (including phenoxy) is 1. The molecule has 0 radical (unpaired) electrons. The van der Waals surface area contributed by atoms with Crippen LogP contribution in [0.15, 0.2) is 18.2 Å². The number of aromatic nitrogens is 2. The van der Waals surface area contributed by atoms with Crippen LogP contribution in [0.25, 0.3) is 11.3 Å². The van der Waals surface area contributed by atoms with Crippen LogP contribution < -0.4 is 10.5 Å². The monoisotopic (exact) mass is 261 g/mol. The third-order valence-corrected chi connectivity index (χ3v) is 2.99. The first-order valence-electron chi connectivity index (χ1n) is 5.53. The quantitative estimate of drug-likeness (QED) is 0.816. The third kappa shape index (κ3) is 2.36. The number of anilines is 1. The van der Waals surface area contributed by atoms with Gasteiger partial charge in [0.2, 0.25) is 0 Å². The zero-order valence-electron chi connectivity index (χ0n) is 10.6. The van der Waals surface area contributed by atoms with Crippen LogP contribution in [0.3, 0.4) is 0 Å². The van der Waals surface area contributed by atoms with Crippen molar-refractivity contribution < 1.29 is 4.74 Å². The van der Waals surface area contributed by atoms with Crippen molar-refractivity contribution in [3.63, 3.8) is 0 Å². The fraction of sp³-hybridized carbons (Fsp3) is 0.231. The molecule has 5 heteroatoms. The summed E-state index contributed by atoms with van der Waals surface area (Å²) in [4.78, 5) is 7.01. The Balaban J connectivity index is 2.64. The van der Waals surface area contributed by atoms with Crippen molar-refractivity contribution in [3.05, 3.63) is 34.1 Å². The van der Waals surface area contributed by atoms with Crippen LogP contribution in [0.1, 0.15) is 11.1 Å². The van der Waals surface area contributed by atoms with Gasteiger partial charge in [-0.05, 0) is 49.3 Å². The van der Waals surface area contributed by atoms with E-state index >= 15 is 0 Å². The molecular formula is C13H15N3OS. The van der Waals surface area contributed by atoms with Gasteiger partial charge < -0.3 is 15.5 Å². The van der Waals surface area contributed by atoms with Crippen molar-refractivity contribution >= 4 is 18.0 Å². The molecule has 3 N–H and O–H groups in total. The van der Waals surface area contributed by atoms with Gasteiger partial charge in [0.25, 0.3) is 0 Å². The van der Waals surface area contributed by atoms with Gasteiger partial charge in [-0.2, -0.15) is 0 Å². The number of nitrogens with one attached hydrogen (secondary N) is 1. The van der Waals surface area contributed by atoms with E-state index in [2.05, 4.69) is 9.97 Å². The largest absolute Gasteiger partial charge is 0.496 e. The molecule has 0 fully saturated rings. The summed E-state index contributed by atoms with van der Waals surface area (Å²) in [6.07, 6.45) is 0. The Kier molecular flexibility index (Phi) is 3.34. The fourth-order valence-electron chi connectivity index (χ4n) is 1.92. The second-order valence-electron chi connectivity index (χ2n) is 4.16. The average molecular weight is 261 g/mol. The van der Waals surface area contributed by atoms with Gasteiger partial charge in [0.1, 0.15) is 11.6 Å². The number of H-pyrrole nitrogens is 1. The smallest absolute Gasteiger partial charge is 0.199 e. The van der Waals surface area contributed by atoms with Crippen LogP contribution in [0.2, 0.25) is 0 Å². The molecule has 0 saturated heterocycles. The molecule has 0 atom stereocenters. The number of nitrogens with two attached hydrogens (primary N) is 1. The third-order valence-electron chi connectivity index (χ3n) is 2.80. The van der Waals surface area contributed by atoms with E-state index in [0.717, 1.165) is 28.1 Å². The van der Waals surface area contributed by atoms with Crippen molar-refractivity contribution in [2.45, 2.75) is 13.8 Å². The van der Waals surface area contributed by atoms with Crippen molar-refractivity contribution in [2.75, 3.05) is 12.8 Å². The first kappa shape index (κ1) is 12.6. The highest BCUT2D eigenvalue weighted by atomic mass is 32.1. The van der Waals surface area contributed by atoms with E-state index in [-0.39, 0.29) is 0 Å². The number of benzene rings is 1. The Morgan fingerprint density at radius 2 is 1.94 bits per heavy atom. The maximum atomic E-state index is 5.72. The van der Waals surface area contributed by atoms with Crippen LogP contribution in [-0.4, -0.2) is 17.1 Å². The molecule has 18 heavy (non-hydrogen) atoms. The van der Waals surface area contributed by atoms with Gasteiger partial charge in [0, 0.05) is 11.6 Å². The number of hydrogen-bond acceptors (Lipinski definition) is 4. The molecule has 1 heterocycles. The Morgan fingerprint density at radius 1 is 1.22 bits per heavy atom. The van der Waals surface area contributed by atoms with Gasteiger partial charge in [-0.3, -0.25) is 0 Å². The maximum Gasteiger partial charge on any atom is 0.199 e. The maximum absolute atomic E-state index is 5.72. The number of methoxy groups -OCH3 is 1. The Labute approximate surface area is 111 Å². The molecule has 94 valence electrons. The highest BCUT2D eigenvalue weighted by Crippen LogP contribution is 2.29. The summed E-state index contributed by atoms with van der Waals surface area (Å²) >= 11 is 5.04. The normalized spacial score (nSPS) is 10.4. The van der Waals surface area contributed by atoms with Gasteiger partial charge >= 0.3 is 0 Å². The van der Waals surface area contributed by atoms with Crippen molar-refractivity contribution in [1.82, 2.24) is 9.97 Å². The average Bonchev–Trinajstić information content (AvgIpc) is 2.30. The molecule has 0 saturated carbocycles. The summed E-state index contributed by atoms with van der Waals surface area (Å²) in [6.45, 7) is 4.02. The number of hydrogen-bond donors (Lipinski definition) is 2. The summed E-state index contributed by atoms with van der Waals surface area (Å²) in [5, 5.41) is 0. The summed E-state index contributed by atoms with van der Waals surface area (Å²) in [7, 11) is 1.67. The molecule has 4 nitrogen and oxygen atoms in total. The minimum absolute atomic E-state index is 0.387. The zero-order chi connectivity index (χ0) is 13.3. The van der Waals surface area contributed by atoms with Crippen LogP contribution >= 0.6 is 12.2 Å². The minimum Gasteiger partial charge on any atom is -0.496 e. The Morgan fingerprint density at radius 3 is 2.56 bits per heavy atom. The molecule has 0 bridgehead atoms. The zero-order valence-corrected chi connectivity index (χ0v) is 11.4. The van der Waals surface area contributed by atoms with Gasteiger partial charge in [-0.1, -0.05) is 0 Å². The van der Waals surface area contributed by atoms with Crippen LogP contribution in [-0.2, 0) is 0 Å². The first-order chi connectivity index (χ1) is 8.51. The van der Waals surface area contributed by atoms with Crippen molar-refractivity contribution in [3.8, 4) is 17.0 Å². The van der Waals surface area contributed by atoms with E-state index in [9.17, 15) is 0 Å². The second kappa shape index (κ2) is 4.78. The van der Waals surface area contributed by atoms with E-state index in [0.29, 0.717) is 10.6 Å².